The maximum absolute atomic E-state index is 6.41. The summed E-state index contributed by atoms with van der Waals surface area (Å²) in [5, 5.41) is 8.89. The summed E-state index contributed by atoms with van der Waals surface area (Å²) in [7, 11) is 1.99. The number of nitrogens with zero attached hydrogens (tertiary/aromatic N) is 2. The molecule has 1 aromatic heterocycles. The predicted molar refractivity (Wildman–Crippen MR) is 87.4 cm³/mol. The quantitative estimate of drug-likeness (QED) is 0.787. The van der Waals surface area contributed by atoms with Crippen LogP contribution in [0.3, 0.4) is 0 Å². The predicted octanol–water partition coefficient (Wildman–Crippen LogP) is 3.98. The Hall–Kier alpha value is -0.540. The minimum absolute atomic E-state index is 0.263. The van der Waals surface area contributed by atoms with Crippen molar-refractivity contribution < 1.29 is 0 Å². The highest BCUT2D eigenvalue weighted by Crippen LogP contribution is 2.33. The van der Waals surface area contributed by atoms with E-state index >= 15 is 0 Å². The summed E-state index contributed by atoms with van der Waals surface area (Å²) < 4.78 is 1.94. The molecular formula is C16H30ClN3. The molecule has 1 heterocycles. The molecule has 0 aromatic carbocycles. The largest absolute Gasteiger partial charge is 0.316 e. The molecule has 4 heteroatoms. The van der Waals surface area contributed by atoms with E-state index in [2.05, 4.69) is 38.1 Å². The van der Waals surface area contributed by atoms with E-state index in [-0.39, 0.29) is 5.41 Å². The van der Waals surface area contributed by atoms with Crippen LogP contribution in [-0.2, 0) is 13.5 Å². The maximum atomic E-state index is 6.41. The van der Waals surface area contributed by atoms with E-state index in [1.807, 2.05) is 18.7 Å². The molecule has 0 amide bonds. The Bertz CT molecular complexity index is 420. The summed E-state index contributed by atoms with van der Waals surface area (Å²) in [6.07, 6.45) is 3.28. The van der Waals surface area contributed by atoms with E-state index in [9.17, 15) is 0 Å². The first-order valence-corrected chi connectivity index (χ1v) is 8.11. The van der Waals surface area contributed by atoms with Crippen molar-refractivity contribution in [3.05, 3.63) is 16.4 Å². The van der Waals surface area contributed by atoms with Gasteiger partial charge in [-0.15, -0.1) is 0 Å². The minimum Gasteiger partial charge on any atom is -0.316 e. The van der Waals surface area contributed by atoms with Crippen LogP contribution < -0.4 is 5.32 Å². The monoisotopic (exact) mass is 299 g/mol. The zero-order valence-corrected chi connectivity index (χ0v) is 14.6. The van der Waals surface area contributed by atoms with Crippen molar-refractivity contribution in [1.29, 1.82) is 0 Å². The second-order valence-corrected chi connectivity index (χ2v) is 6.76. The van der Waals surface area contributed by atoms with Gasteiger partial charge in [-0.05, 0) is 44.1 Å². The Balaban J connectivity index is 2.85. The van der Waals surface area contributed by atoms with Gasteiger partial charge in [-0.1, -0.05) is 39.3 Å². The summed E-state index contributed by atoms with van der Waals surface area (Å²) in [4.78, 5) is 0. The average molecular weight is 300 g/mol. The molecule has 1 aromatic rings. The lowest BCUT2D eigenvalue weighted by Crippen LogP contribution is -2.37. The second-order valence-electron chi connectivity index (χ2n) is 6.38. The topological polar surface area (TPSA) is 29.9 Å². The summed E-state index contributed by atoms with van der Waals surface area (Å²) in [5.41, 5.74) is 2.36. The molecule has 0 radical (unpaired) electrons. The minimum atomic E-state index is 0.263. The van der Waals surface area contributed by atoms with E-state index in [1.54, 1.807) is 0 Å². The van der Waals surface area contributed by atoms with Gasteiger partial charge >= 0.3 is 0 Å². The number of hydrogen-bond acceptors (Lipinski definition) is 2. The molecule has 0 saturated heterocycles. The molecule has 1 rings (SSSR count). The van der Waals surface area contributed by atoms with Gasteiger partial charge < -0.3 is 5.32 Å². The zero-order valence-electron chi connectivity index (χ0n) is 13.9. The van der Waals surface area contributed by atoms with E-state index in [0.717, 1.165) is 43.1 Å². The molecule has 0 aliphatic rings. The van der Waals surface area contributed by atoms with Crippen molar-refractivity contribution in [2.24, 2.45) is 18.4 Å². The maximum Gasteiger partial charge on any atom is 0.0847 e. The van der Waals surface area contributed by atoms with Crippen molar-refractivity contribution in [3.63, 3.8) is 0 Å². The molecule has 1 N–H and O–H groups in total. The molecule has 0 bridgehead atoms. The SMILES string of the molecule is CCC(CC)(CNCC(C)C)Cc1c(Cl)c(C)nn1C. The molecule has 0 aliphatic heterocycles. The van der Waals surface area contributed by atoms with Crippen LogP contribution in [0.2, 0.25) is 5.02 Å². The van der Waals surface area contributed by atoms with E-state index in [0.29, 0.717) is 5.92 Å². The van der Waals surface area contributed by atoms with Crippen LogP contribution in [0.4, 0.5) is 0 Å². The van der Waals surface area contributed by atoms with Crippen LogP contribution in [0.15, 0.2) is 0 Å². The summed E-state index contributed by atoms with van der Waals surface area (Å²) in [5.74, 6) is 0.684. The molecule has 0 aliphatic carbocycles. The number of rotatable bonds is 8. The van der Waals surface area contributed by atoms with Gasteiger partial charge in [-0.2, -0.15) is 5.10 Å². The highest BCUT2D eigenvalue weighted by Gasteiger charge is 2.29. The number of aryl methyl sites for hydroxylation is 2. The first kappa shape index (κ1) is 17.5. The van der Waals surface area contributed by atoms with Gasteiger partial charge in [0.15, 0.2) is 0 Å². The van der Waals surface area contributed by atoms with Gasteiger partial charge in [-0.3, -0.25) is 4.68 Å². The third kappa shape index (κ3) is 4.23. The zero-order chi connectivity index (χ0) is 15.3. The van der Waals surface area contributed by atoms with Crippen molar-refractivity contribution in [2.45, 2.75) is 53.9 Å². The molecule has 0 fully saturated rings. The lowest BCUT2D eigenvalue weighted by Gasteiger charge is -2.32. The molecule has 0 atom stereocenters. The third-order valence-corrected chi connectivity index (χ3v) is 4.85. The van der Waals surface area contributed by atoms with Gasteiger partial charge in [0.25, 0.3) is 0 Å². The highest BCUT2D eigenvalue weighted by molar-refractivity contribution is 6.31. The summed E-state index contributed by atoms with van der Waals surface area (Å²) in [6, 6.07) is 0. The van der Waals surface area contributed by atoms with E-state index in [4.69, 9.17) is 11.6 Å². The van der Waals surface area contributed by atoms with Crippen LogP contribution in [0, 0.1) is 18.3 Å². The number of halogens is 1. The van der Waals surface area contributed by atoms with Gasteiger partial charge in [0.05, 0.1) is 16.4 Å². The van der Waals surface area contributed by atoms with E-state index in [1.165, 1.54) is 5.69 Å². The van der Waals surface area contributed by atoms with E-state index < -0.39 is 0 Å². The summed E-state index contributed by atoms with van der Waals surface area (Å²) in [6.45, 7) is 13.1. The fraction of sp³-hybridized carbons (Fsp3) is 0.812. The Labute approximate surface area is 129 Å². The molecule has 3 nitrogen and oxygen atoms in total. The Kier molecular flexibility index (Phi) is 6.53. The van der Waals surface area contributed by atoms with Crippen LogP contribution >= 0.6 is 11.6 Å². The number of nitrogens with one attached hydrogen (secondary N) is 1. The standard InChI is InChI=1S/C16H30ClN3/c1-7-16(8-2,11-18-10-12(3)4)9-14-15(17)13(5)19-20(14)6/h12,18H,7-11H2,1-6H3. The Morgan fingerprint density at radius 1 is 1.30 bits per heavy atom. The smallest absolute Gasteiger partial charge is 0.0847 e. The normalized spacial score (nSPS) is 12.4. The summed E-state index contributed by atoms with van der Waals surface area (Å²) >= 11 is 6.41. The lowest BCUT2D eigenvalue weighted by atomic mass is 9.78. The highest BCUT2D eigenvalue weighted by atomic mass is 35.5. The third-order valence-electron chi connectivity index (χ3n) is 4.36. The molecule has 0 saturated carbocycles. The Morgan fingerprint density at radius 2 is 1.90 bits per heavy atom. The van der Waals surface area contributed by atoms with Crippen LogP contribution in [0.5, 0.6) is 0 Å². The van der Waals surface area contributed by atoms with Gasteiger partial charge in [0, 0.05) is 13.6 Å². The van der Waals surface area contributed by atoms with Crippen LogP contribution in [0.25, 0.3) is 0 Å². The van der Waals surface area contributed by atoms with Crippen LogP contribution in [-0.4, -0.2) is 22.9 Å². The van der Waals surface area contributed by atoms with Gasteiger partial charge in [0.1, 0.15) is 0 Å². The molecule has 0 unspecified atom stereocenters. The fourth-order valence-corrected chi connectivity index (χ4v) is 2.89. The fourth-order valence-electron chi connectivity index (χ4n) is 2.67. The van der Waals surface area contributed by atoms with Crippen molar-refractivity contribution in [3.8, 4) is 0 Å². The molecular weight excluding hydrogens is 270 g/mol. The molecule has 20 heavy (non-hydrogen) atoms. The van der Waals surface area contributed by atoms with Gasteiger partial charge in [-0.25, -0.2) is 0 Å². The Morgan fingerprint density at radius 3 is 2.30 bits per heavy atom. The van der Waals surface area contributed by atoms with Gasteiger partial charge in [0.2, 0.25) is 0 Å². The van der Waals surface area contributed by atoms with Crippen molar-refractivity contribution in [2.75, 3.05) is 13.1 Å². The lowest BCUT2D eigenvalue weighted by molar-refractivity contribution is 0.238. The second kappa shape index (κ2) is 7.46. The number of hydrogen-bond donors (Lipinski definition) is 1. The van der Waals surface area contributed by atoms with Crippen LogP contribution in [0.1, 0.15) is 51.9 Å². The average Bonchev–Trinajstić information content (AvgIpc) is 2.63. The number of aromatic nitrogens is 2. The first-order valence-electron chi connectivity index (χ1n) is 7.74. The van der Waals surface area contributed by atoms with Crippen molar-refractivity contribution in [1.82, 2.24) is 15.1 Å². The molecule has 116 valence electrons. The molecule has 0 spiro atoms. The first-order chi connectivity index (χ1) is 9.35. The van der Waals surface area contributed by atoms with Crippen molar-refractivity contribution >= 4 is 11.6 Å².